The Morgan fingerprint density at radius 2 is 1.40 bits per heavy atom. The van der Waals surface area contributed by atoms with Gasteiger partial charge in [-0.25, -0.2) is 0 Å². The van der Waals surface area contributed by atoms with E-state index in [1.807, 2.05) is 85.5 Å². The monoisotopic (exact) mass is 1050 g/mol. The Bertz CT molecular complexity index is 3070. The molecule has 3 amide bonds. The van der Waals surface area contributed by atoms with Gasteiger partial charge in [-0.3, -0.25) is 23.4 Å². The van der Waals surface area contributed by atoms with E-state index < -0.39 is 21.4 Å². The van der Waals surface area contributed by atoms with Crippen molar-refractivity contribution in [3.05, 3.63) is 141 Å². The number of ketones is 1. The number of Topliss-reactive ketones (excluding diaryl/α,β-unsaturated/α-hetero) is 1. The molecule has 73 heavy (non-hydrogen) atoms. The van der Waals surface area contributed by atoms with E-state index in [9.17, 15) is 27.6 Å². The lowest BCUT2D eigenvalue weighted by molar-refractivity contribution is -0.119. The molecule has 4 aliphatic heterocycles. The molecule has 384 valence electrons. The Labute approximate surface area is 436 Å². The average Bonchev–Trinajstić information content (AvgIpc) is 3.88. The maximum Gasteiger partial charge on any atom is 0.272 e. The highest BCUT2D eigenvalue weighted by molar-refractivity contribution is 8.77. The van der Waals surface area contributed by atoms with Crippen LogP contribution in [-0.2, 0) is 62.8 Å². The summed E-state index contributed by atoms with van der Waals surface area (Å²) in [6.07, 6.45) is 5.64. The number of rotatable bonds is 20. The van der Waals surface area contributed by atoms with E-state index >= 15 is 0 Å². The minimum Gasteiger partial charge on any atom is -0.493 e. The predicted molar refractivity (Wildman–Crippen MR) is 289 cm³/mol. The van der Waals surface area contributed by atoms with Crippen LogP contribution in [0.15, 0.2) is 91.0 Å². The summed E-state index contributed by atoms with van der Waals surface area (Å²) in [6.45, 7) is 8.22. The smallest absolute Gasteiger partial charge is 0.272 e. The number of ether oxygens (including phenoxy) is 3. The minimum atomic E-state index is -4.07. The van der Waals surface area contributed by atoms with E-state index in [1.165, 1.54) is 5.56 Å². The molecule has 0 saturated heterocycles. The second-order valence-corrected chi connectivity index (χ2v) is 25.0. The summed E-state index contributed by atoms with van der Waals surface area (Å²) < 4.78 is 51.1. The first-order valence-corrected chi connectivity index (χ1v) is 28.8. The number of para-hydroxylation sites is 2. The van der Waals surface area contributed by atoms with Crippen LogP contribution in [-0.4, -0.2) is 74.0 Å². The second kappa shape index (κ2) is 22.0. The zero-order valence-corrected chi connectivity index (χ0v) is 44.7. The number of aryl methyl sites for hydroxylation is 2. The third-order valence-corrected chi connectivity index (χ3v) is 19.5. The standard InChI is InChI=1S/C57H63N3O10S3/c1-7-44(61)20-21-57(3,4)72-71-22-12-17-54(62)58-42-25-36(24-37(26-42)34-70-52-29-38-18-19-43-27-39-13-8-10-15-47(39)59(43)55(63)46(38)32-51(52)67-5)33-69-50-30-41-31-53(73(65,66)68-6)49-28-40-14-9-11-16-48(40)60(49)56(64)45(41)23-35(50)2/h8-11,13-16,23-26,29-30,32,43,49,53H,7,12,17-22,27-28,31,33-34H2,1-6H3,(H,58,62)/t43-,49+,53?/m1/s1. The number of amides is 3. The van der Waals surface area contributed by atoms with Crippen molar-refractivity contribution in [3.8, 4) is 17.2 Å². The lowest BCUT2D eigenvalue weighted by Crippen LogP contribution is -2.47. The normalized spacial score (nSPS) is 17.9. The molecular weight excluding hydrogens is 983 g/mol. The van der Waals surface area contributed by atoms with Crippen molar-refractivity contribution in [1.82, 2.24) is 0 Å². The summed E-state index contributed by atoms with van der Waals surface area (Å²) in [4.78, 5) is 57.5. The van der Waals surface area contributed by atoms with Gasteiger partial charge in [-0.1, -0.05) is 64.9 Å². The Kier molecular flexibility index (Phi) is 15.7. The predicted octanol–water partition coefficient (Wildman–Crippen LogP) is 10.8. The third-order valence-electron chi connectivity index (χ3n) is 14.4. The molecule has 0 fully saturated rings. The SMILES string of the molecule is CCC(=O)CCC(C)(C)SSCCCC(=O)Nc1cc(COc2cc3c(cc2C)C(=O)N2c4ccccc4C[C@H]2C(S(=O)(=O)OC)C3)cc(COc2cc3c(cc2OC)C(=O)N2c4ccccc4C[C@H]2CC3)c1. The number of carbonyl (C=O) groups excluding carboxylic acids is 4. The van der Waals surface area contributed by atoms with Crippen molar-refractivity contribution in [2.24, 2.45) is 0 Å². The highest BCUT2D eigenvalue weighted by Crippen LogP contribution is 2.44. The van der Waals surface area contributed by atoms with Gasteiger partial charge in [0.1, 0.15) is 30.0 Å². The van der Waals surface area contributed by atoms with Crippen molar-refractivity contribution < 1.29 is 46.0 Å². The fourth-order valence-electron chi connectivity index (χ4n) is 10.5. The molecule has 0 aliphatic carbocycles. The molecule has 1 unspecified atom stereocenters. The van der Waals surface area contributed by atoms with E-state index in [4.69, 9.17) is 18.4 Å². The third kappa shape index (κ3) is 11.3. The number of benzene rings is 5. The van der Waals surface area contributed by atoms with Gasteiger partial charge < -0.3 is 29.3 Å². The highest BCUT2D eigenvalue weighted by Gasteiger charge is 2.48. The lowest BCUT2D eigenvalue weighted by Gasteiger charge is -2.28. The second-order valence-electron chi connectivity index (χ2n) is 19.9. The molecule has 5 aromatic rings. The van der Waals surface area contributed by atoms with Gasteiger partial charge in [0.25, 0.3) is 21.9 Å². The molecule has 13 nitrogen and oxygen atoms in total. The molecule has 0 bridgehead atoms. The van der Waals surface area contributed by atoms with Crippen LogP contribution >= 0.6 is 21.6 Å². The molecule has 3 atom stereocenters. The van der Waals surface area contributed by atoms with Crippen molar-refractivity contribution in [1.29, 1.82) is 0 Å². The summed E-state index contributed by atoms with van der Waals surface area (Å²) in [5.74, 6) is 1.98. The fraction of sp³-hybridized carbons (Fsp3) is 0.404. The van der Waals surface area contributed by atoms with Gasteiger partial charge in [0.15, 0.2) is 11.5 Å². The van der Waals surface area contributed by atoms with Gasteiger partial charge in [-0.05, 0) is 159 Å². The zero-order valence-electron chi connectivity index (χ0n) is 42.3. The summed E-state index contributed by atoms with van der Waals surface area (Å²) in [6, 6.07) is 27.9. The van der Waals surface area contributed by atoms with Crippen molar-refractivity contribution in [2.75, 3.05) is 35.1 Å². The van der Waals surface area contributed by atoms with E-state index in [1.54, 1.807) is 51.8 Å². The molecule has 0 saturated carbocycles. The van der Waals surface area contributed by atoms with Crippen LogP contribution in [0.4, 0.5) is 17.1 Å². The van der Waals surface area contributed by atoms with Crippen LogP contribution in [0.25, 0.3) is 0 Å². The first-order chi connectivity index (χ1) is 35.1. The van der Waals surface area contributed by atoms with Crippen LogP contribution in [0.1, 0.15) is 119 Å². The molecule has 4 aliphatic rings. The van der Waals surface area contributed by atoms with E-state index in [2.05, 4.69) is 25.2 Å². The summed E-state index contributed by atoms with van der Waals surface area (Å²) in [7, 11) is 2.11. The molecule has 0 radical (unpaired) electrons. The number of fused-ring (bicyclic) bond motifs is 8. The number of methoxy groups -OCH3 is 1. The van der Waals surface area contributed by atoms with Crippen molar-refractivity contribution in [3.63, 3.8) is 0 Å². The largest absolute Gasteiger partial charge is 0.493 e. The molecule has 1 N–H and O–H groups in total. The number of anilines is 3. The maximum atomic E-state index is 14.4. The van der Waals surface area contributed by atoms with Gasteiger partial charge in [0.05, 0.1) is 20.3 Å². The molecular formula is C57H63N3O10S3. The zero-order chi connectivity index (χ0) is 51.6. The Morgan fingerprint density at radius 1 is 0.753 bits per heavy atom. The van der Waals surface area contributed by atoms with Gasteiger partial charge in [0, 0.05) is 64.0 Å². The quantitative estimate of drug-likeness (QED) is 0.0448. The number of hydrogen-bond acceptors (Lipinski definition) is 12. The molecule has 4 heterocycles. The summed E-state index contributed by atoms with van der Waals surface area (Å²) >= 11 is 0. The fourth-order valence-corrected chi connectivity index (χ4v) is 14.4. The number of nitrogens with one attached hydrogen (secondary N) is 1. The van der Waals surface area contributed by atoms with Gasteiger partial charge in [-0.15, -0.1) is 0 Å². The lowest BCUT2D eigenvalue weighted by atomic mass is 9.97. The van der Waals surface area contributed by atoms with Gasteiger partial charge in [-0.2, -0.15) is 8.42 Å². The molecule has 0 aromatic heterocycles. The Hall–Kier alpha value is -5.81. The number of hydrogen-bond donors (Lipinski definition) is 1. The van der Waals surface area contributed by atoms with Gasteiger partial charge in [0.2, 0.25) is 5.91 Å². The summed E-state index contributed by atoms with van der Waals surface area (Å²) in [5.41, 5.74) is 8.92. The first kappa shape index (κ1) is 52.1. The van der Waals surface area contributed by atoms with Gasteiger partial charge >= 0.3 is 0 Å². The van der Waals surface area contributed by atoms with Crippen LogP contribution < -0.4 is 29.3 Å². The number of carbonyl (C=O) groups is 4. The van der Waals surface area contributed by atoms with Crippen LogP contribution in [0.5, 0.6) is 17.2 Å². The van der Waals surface area contributed by atoms with E-state index in [0.717, 1.165) is 60.1 Å². The van der Waals surface area contributed by atoms with E-state index in [0.29, 0.717) is 89.4 Å². The van der Waals surface area contributed by atoms with Crippen LogP contribution in [0, 0.1) is 6.92 Å². The minimum absolute atomic E-state index is 0.0497. The molecule has 0 spiro atoms. The van der Waals surface area contributed by atoms with E-state index in [-0.39, 0.29) is 53.9 Å². The molecule has 16 heteroatoms. The van der Waals surface area contributed by atoms with Crippen molar-refractivity contribution >= 4 is 72.3 Å². The molecule has 5 aromatic carbocycles. The molecule has 9 rings (SSSR count). The highest BCUT2D eigenvalue weighted by atomic mass is 33.1. The number of nitrogens with zero attached hydrogens (tertiary/aromatic N) is 2. The summed E-state index contributed by atoms with van der Waals surface area (Å²) in [5, 5.41) is 2.08. The van der Waals surface area contributed by atoms with Crippen LogP contribution in [0.2, 0.25) is 0 Å². The maximum absolute atomic E-state index is 14.4. The Balaban J connectivity index is 0.944. The van der Waals surface area contributed by atoms with Crippen molar-refractivity contribution in [2.45, 2.75) is 127 Å². The first-order valence-electron chi connectivity index (χ1n) is 25.0. The Morgan fingerprint density at radius 3 is 2.10 bits per heavy atom. The van der Waals surface area contributed by atoms with Crippen LogP contribution in [0.3, 0.4) is 0 Å². The topological polar surface area (TPSA) is 158 Å². The average molecular weight is 1050 g/mol.